The molecule has 0 radical (unpaired) electrons. The van der Waals surface area contributed by atoms with E-state index in [1.807, 2.05) is 6.07 Å². The van der Waals surface area contributed by atoms with Gasteiger partial charge in [-0.3, -0.25) is 0 Å². The zero-order valence-corrected chi connectivity index (χ0v) is 9.55. The molecule has 1 aliphatic rings. The fourth-order valence-corrected chi connectivity index (χ4v) is 2.23. The van der Waals surface area contributed by atoms with Crippen molar-refractivity contribution >= 4 is 0 Å². The van der Waals surface area contributed by atoms with Crippen molar-refractivity contribution in [3.05, 3.63) is 35.1 Å². The van der Waals surface area contributed by atoms with Gasteiger partial charge in [-0.25, -0.2) is 4.39 Å². The first-order valence-electron chi connectivity index (χ1n) is 5.43. The fourth-order valence-electron chi connectivity index (χ4n) is 2.23. The molecular formula is C13H18FN. The third-order valence-corrected chi connectivity index (χ3v) is 3.59. The van der Waals surface area contributed by atoms with Gasteiger partial charge in [0.15, 0.2) is 0 Å². The Labute approximate surface area is 90.5 Å². The number of aryl methyl sites for hydroxylation is 1. The summed E-state index contributed by atoms with van der Waals surface area (Å²) in [6.07, 6.45) is 1.17. The highest BCUT2D eigenvalue weighted by atomic mass is 19.1. The molecule has 2 atom stereocenters. The standard InChI is InChI=1S/C13H18FN/c1-8-6-9(4-5-11(8)14)12(15)10-7-13(10,2)3/h4-6,10,12H,7,15H2,1-3H3. The average molecular weight is 207 g/mol. The molecule has 0 amide bonds. The third-order valence-electron chi connectivity index (χ3n) is 3.59. The van der Waals surface area contributed by atoms with Gasteiger partial charge >= 0.3 is 0 Å². The van der Waals surface area contributed by atoms with Gasteiger partial charge < -0.3 is 5.73 Å². The van der Waals surface area contributed by atoms with Crippen molar-refractivity contribution in [3.63, 3.8) is 0 Å². The van der Waals surface area contributed by atoms with Crippen LogP contribution in [0.25, 0.3) is 0 Å². The molecule has 2 heteroatoms. The quantitative estimate of drug-likeness (QED) is 0.792. The largest absolute Gasteiger partial charge is 0.324 e. The maximum absolute atomic E-state index is 13.1. The van der Waals surface area contributed by atoms with Crippen LogP contribution in [0, 0.1) is 24.1 Å². The molecular weight excluding hydrogens is 189 g/mol. The molecule has 0 bridgehead atoms. The van der Waals surface area contributed by atoms with E-state index in [9.17, 15) is 4.39 Å². The summed E-state index contributed by atoms with van der Waals surface area (Å²) in [5, 5.41) is 0. The van der Waals surface area contributed by atoms with Crippen molar-refractivity contribution in [2.45, 2.75) is 33.2 Å². The van der Waals surface area contributed by atoms with Crippen molar-refractivity contribution in [3.8, 4) is 0 Å². The van der Waals surface area contributed by atoms with Crippen molar-refractivity contribution in [1.82, 2.24) is 0 Å². The van der Waals surface area contributed by atoms with Crippen LogP contribution in [0.15, 0.2) is 18.2 Å². The van der Waals surface area contributed by atoms with Crippen molar-refractivity contribution in [2.24, 2.45) is 17.1 Å². The normalized spacial score (nSPS) is 25.0. The van der Waals surface area contributed by atoms with Crippen molar-refractivity contribution in [2.75, 3.05) is 0 Å². The molecule has 2 rings (SSSR count). The third kappa shape index (κ3) is 1.91. The minimum atomic E-state index is -0.152. The molecule has 0 spiro atoms. The molecule has 2 N–H and O–H groups in total. The maximum atomic E-state index is 13.1. The Morgan fingerprint density at radius 3 is 2.53 bits per heavy atom. The highest BCUT2D eigenvalue weighted by molar-refractivity contribution is 5.28. The van der Waals surface area contributed by atoms with Crippen LogP contribution in [-0.2, 0) is 0 Å². The summed E-state index contributed by atoms with van der Waals surface area (Å²) < 4.78 is 13.1. The smallest absolute Gasteiger partial charge is 0.126 e. The summed E-state index contributed by atoms with van der Waals surface area (Å²) >= 11 is 0. The molecule has 1 saturated carbocycles. The van der Waals surface area contributed by atoms with Gasteiger partial charge in [0.1, 0.15) is 5.82 Å². The Bertz CT molecular complexity index is 384. The lowest BCUT2D eigenvalue weighted by molar-refractivity contribution is 0.490. The van der Waals surface area contributed by atoms with Crippen LogP contribution in [0.4, 0.5) is 4.39 Å². The second kappa shape index (κ2) is 3.31. The predicted molar refractivity (Wildman–Crippen MR) is 60.0 cm³/mol. The van der Waals surface area contributed by atoms with Gasteiger partial charge in [-0.2, -0.15) is 0 Å². The molecule has 0 aliphatic heterocycles. The first kappa shape index (κ1) is 10.6. The van der Waals surface area contributed by atoms with E-state index in [0.717, 1.165) is 5.56 Å². The second-order valence-electron chi connectivity index (χ2n) is 5.33. The molecule has 1 aromatic rings. The van der Waals surface area contributed by atoms with Crippen LogP contribution in [0.1, 0.15) is 37.4 Å². The van der Waals surface area contributed by atoms with E-state index >= 15 is 0 Å². The molecule has 15 heavy (non-hydrogen) atoms. The fraction of sp³-hybridized carbons (Fsp3) is 0.538. The SMILES string of the molecule is Cc1cc(C(N)C2CC2(C)C)ccc1F. The zero-order valence-electron chi connectivity index (χ0n) is 9.55. The summed E-state index contributed by atoms with van der Waals surface area (Å²) in [5.74, 6) is 0.392. The molecule has 1 fully saturated rings. The van der Waals surface area contributed by atoms with Crippen LogP contribution in [0.3, 0.4) is 0 Å². The molecule has 0 aromatic heterocycles. The molecule has 1 nitrogen and oxygen atoms in total. The average Bonchev–Trinajstić information content (AvgIpc) is 2.79. The van der Waals surface area contributed by atoms with Crippen molar-refractivity contribution in [1.29, 1.82) is 0 Å². The predicted octanol–water partition coefficient (Wildman–Crippen LogP) is 3.18. The van der Waals surface area contributed by atoms with E-state index in [4.69, 9.17) is 5.73 Å². The van der Waals surface area contributed by atoms with Crippen molar-refractivity contribution < 1.29 is 4.39 Å². The minimum Gasteiger partial charge on any atom is -0.324 e. The zero-order chi connectivity index (χ0) is 11.2. The summed E-state index contributed by atoms with van der Waals surface area (Å²) in [5.41, 5.74) is 8.28. The Balaban J connectivity index is 2.20. The van der Waals surface area contributed by atoms with E-state index in [0.29, 0.717) is 16.9 Å². The van der Waals surface area contributed by atoms with Crippen LogP contribution in [-0.4, -0.2) is 0 Å². The summed E-state index contributed by atoms with van der Waals surface area (Å²) in [4.78, 5) is 0. The maximum Gasteiger partial charge on any atom is 0.126 e. The number of hydrogen-bond donors (Lipinski definition) is 1. The van der Waals surface area contributed by atoms with Crippen LogP contribution < -0.4 is 5.73 Å². The van der Waals surface area contributed by atoms with Crippen LogP contribution in [0.2, 0.25) is 0 Å². The molecule has 1 aliphatic carbocycles. The van der Waals surface area contributed by atoms with E-state index in [1.54, 1.807) is 13.0 Å². The number of benzene rings is 1. The Hall–Kier alpha value is -0.890. The molecule has 0 saturated heterocycles. The van der Waals surface area contributed by atoms with Gasteiger partial charge in [0.2, 0.25) is 0 Å². The highest BCUT2D eigenvalue weighted by Gasteiger charge is 2.49. The Morgan fingerprint density at radius 1 is 1.47 bits per heavy atom. The molecule has 0 heterocycles. The molecule has 2 unspecified atom stereocenters. The van der Waals surface area contributed by atoms with E-state index in [2.05, 4.69) is 13.8 Å². The lowest BCUT2D eigenvalue weighted by Gasteiger charge is -2.14. The van der Waals surface area contributed by atoms with Gasteiger partial charge in [-0.05, 0) is 41.9 Å². The monoisotopic (exact) mass is 207 g/mol. The van der Waals surface area contributed by atoms with E-state index in [-0.39, 0.29) is 11.9 Å². The van der Waals surface area contributed by atoms with Gasteiger partial charge in [-0.15, -0.1) is 0 Å². The summed E-state index contributed by atoms with van der Waals surface area (Å²) in [6.45, 7) is 6.24. The summed E-state index contributed by atoms with van der Waals surface area (Å²) in [6, 6.07) is 5.25. The highest BCUT2D eigenvalue weighted by Crippen LogP contribution is 2.56. The van der Waals surface area contributed by atoms with Crippen LogP contribution >= 0.6 is 0 Å². The molecule has 82 valence electrons. The van der Waals surface area contributed by atoms with Crippen LogP contribution in [0.5, 0.6) is 0 Å². The van der Waals surface area contributed by atoms with Gasteiger partial charge in [0.05, 0.1) is 0 Å². The number of halogens is 1. The van der Waals surface area contributed by atoms with Gasteiger partial charge in [-0.1, -0.05) is 26.0 Å². The van der Waals surface area contributed by atoms with E-state index < -0.39 is 0 Å². The Morgan fingerprint density at radius 2 is 2.07 bits per heavy atom. The molecule has 1 aromatic carbocycles. The first-order chi connectivity index (χ1) is 6.92. The van der Waals surface area contributed by atoms with Gasteiger partial charge in [0.25, 0.3) is 0 Å². The first-order valence-corrected chi connectivity index (χ1v) is 5.43. The second-order valence-corrected chi connectivity index (χ2v) is 5.33. The number of rotatable bonds is 2. The summed E-state index contributed by atoms with van der Waals surface area (Å²) in [7, 11) is 0. The Kier molecular flexibility index (Phi) is 2.34. The lowest BCUT2D eigenvalue weighted by Crippen LogP contribution is -2.15. The van der Waals surface area contributed by atoms with E-state index in [1.165, 1.54) is 12.5 Å². The topological polar surface area (TPSA) is 26.0 Å². The lowest BCUT2D eigenvalue weighted by atomic mass is 9.96. The van der Waals surface area contributed by atoms with Gasteiger partial charge in [0, 0.05) is 6.04 Å². The number of hydrogen-bond acceptors (Lipinski definition) is 1. The number of nitrogens with two attached hydrogens (primary N) is 1. The minimum absolute atomic E-state index is 0.0549.